The average Bonchev–Trinajstić information content (AvgIpc) is 2.78. The van der Waals surface area contributed by atoms with Gasteiger partial charge in [0.05, 0.1) is 12.9 Å². The molecule has 0 spiro atoms. The molecule has 6 nitrogen and oxygen atoms in total. The molecular weight excluding hydrogens is 258 g/mol. The van der Waals surface area contributed by atoms with Crippen molar-refractivity contribution in [3.05, 3.63) is 0 Å². The van der Waals surface area contributed by atoms with E-state index in [2.05, 4.69) is 5.32 Å². The molecule has 7 heteroatoms. The molecule has 0 saturated carbocycles. The first kappa shape index (κ1) is 15.4. The van der Waals surface area contributed by atoms with E-state index in [1.807, 2.05) is 6.92 Å². The number of hydrogen-bond acceptors (Lipinski definition) is 6. The first-order valence-corrected chi connectivity index (χ1v) is 8.01. The lowest BCUT2D eigenvalue weighted by Crippen LogP contribution is -2.37. The Morgan fingerprint density at radius 3 is 2.72 bits per heavy atom. The normalized spacial score (nSPS) is 21.8. The van der Waals surface area contributed by atoms with Gasteiger partial charge in [-0.1, -0.05) is 13.3 Å². The number of rotatable bonds is 7. The van der Waals surface area contributed by atoms with Crippen LogP contribution < -0.4 is 5.32 Å². The van der Waals surface area contributed by atoms with Crippen LogP contribution in [0, 0.1) is 5.92 Å². The zero-order valence-electron chi connectivity index (χ0n) is 10.8. The van der Waals surface area contributed by atoms with E-state index in [1.54, 1.807) is 0 Å². The summed E-state index contributed by atoms with van der Waals surface area (Å²) in [5, 5.41) is 3.08. The molecule has 1 rings (SSSR count). The molecular formula is C11H21NO5S. The molecule has 0 aromatic carbocycles. The molecule has 2 atom stereocenters. The second kappa shape index (κ2) is 7.06. The SMILES string of the molecule is CCCCOC(=O)C(OS(C)(=O)=O)C1CCNC1. The van der Waals surface area contributed by atoms with E-state index in [4.69, 9.17) is 8.92 Å². The van der Waals surface area contributed by atoms with Crippen molar-refractivity contribution < 1.29 is 22.1 Å². The number of ether oxygens (including phenoxy) is 1. The summed E-state index contributed by atoms with van der Waals surface area (Å²) >= 11 is 0. The largest absolute Gasteiger partial charge is 0.464 e. The molecule has 1 aliphatic heterocycles. The fourth-order valence-electron chi connectivity index (χ4n) is 1.83. The molecule has 1 saturated heterocycles. The summed E-state index contributed by atoms with van der Waals surface area (Å²) in [6.07, 6.45) is 2.31. The quantitative estimate of drug-likeness (QED) is 0.409. The molecule has 0 bridgehead atoms. The van der Waals surface area contributed by atoms with Crippen LogP contribution in [0.1, 0.15) is 26.2 Å². The summed E-state index contributed by atoms with van der Waals surface area (Å²) in [5.74, 6) is -0.726. The van der Waals surface area contributed by atoms with Crippen LogP contribution in [0.4, 0.5) is 0 Å². The summed E-state index contributed by atoms with van der Waals surface area (Å²) in [6.45, 7) is 3.62. The molecule has 0 aromatic rings. The third-order valence-corrected chi connectivity index (χ3v) is 3.34. The van der Waals surface area contributed by atoms with Gasteiger partial charge < -0.3 is 10.1 Å². The Morgan fingerprint density at radius 2 is 2.22 bits per heavy atom. The van der Waals surface area contributed by atoms with Crippen LogP contribution in [0.15, 0.2) is 0 Å². The molecule has 1 N–H and O–H groups in total. The van der Waals surface area contributed by atoms with Gasteiger partial charge in [0.1, 0.15) is 0 Å². The first-order chi connectivity index (χ1) is 8.44. The van der Waals surface area contributed by atoms with Crippen molar-refractivity contribution in [3.63, 3.8) is 0 Å². The van der Waals surface area contributed by atoms with Gasteiger partial charge in [-0.25, -0.2) is 4.79 Å². The molecule has 0 radical (unpaired) electrons. The van der Waals surface area contributed by atoms with Gasteiger partial charge in [-0.15, -0.1) is 0 Å². The zero-order chi connectivity index (χ0) is 13.6. The van der Waals surface area contributed by atoms with Gasteiger partial charge in [0.25, 0.3) is 10.1 Å². The third-order valence-electron chi connectivity index (χ3n) is 2.78. The Hall–Kier alpha value is -0.660. The second-order valence-corrected chi connectivity index (χ2v) is 6.10. The molecule has 2 unspecified atom stereocenters. The van der Waals surface area contributed by atoms with Crippen LogP contribution in [0.3, 0.4) is 0 Å². The molecule has 0 aromatic heterocycles. The summed E-state index contributed by atoms with van der Waals surface area (Å²) in [5.41, 5.74) is 0. The lowest BCUT2D eigenvalue weighted by atomic mass is 10.0. The van der Waals surface area contributed by atoms with Crippen molar-refractivity contribution in [2.45, 2.75) is 32.3 Å². The highest BCUT2D eigenvalue weighted by molar-refractivity contribution is 7.86. The number of carbonyl (C=O) groups is 1. The number of esters is 1. The van der Waals surface area contributed by atoms with Crippen LogP contribution in [-0.2, 0) is 23.8 Å². The Balaban J connectivity index is 2.61. The van der Waals surface area contributed by atoms with E-state index in [9.17, 15) is 13.2 Å². The van der Waals surface area contributed by atoms with Crippen LogP contribution >= 0.6 is 0 Å². The fraction of sp³-hybridized carbons (Fsp3) is 0.909. The Labute approximate surface area is 108 Å². The minimum Gasteiger partial charge on any atom is -0.464 e. The predicted octanol–water partition coefficient (Wildman–Crippen LogP) is 0.284. The van der Waals surface area contributed by atoms with Gasteiger partial charge in [-0.2, -0.15) is 8.42 Å². The van der Waals surface area contributed by atoms with Crippen molar-refractivity contribution in [1.82, 2.24) is 5.32 Å². The van der Waals surface area contributed by atoms with Gasteiger partial charge in [0, 0.05) is 12.5 Å². The summed E-state index contributed by atoms with van der Waals surface area (Å²) in [6, 6.07) is 0. The van der Waals surface area contributed by atoms with Crippen LogP contribution in [-0.4, -0.2) is 46.4 Å². The zero-order valence-corrected chi connectivity index (χ0v) is 11.7. The predicted molar refractivity (Wildman–Crippen MR) is 66.6 cm³/mol. The maximum absolute atomic E-state index is 11.8. The van der Waals surface area contributed by atoms with Crippen molar-refractivity contribution in [1.29, 1.82) is 0 Å². The molecule has 1 heterocycles. The van der Waals surface area contributed by atoms with E-state index >= 15 is 0 Å². The monoisotopic (exact) mass is 279 g/mol. The molecule has 18 heavy (non-hydrogen) atoms. The number of unbranched alkanes of at least 4 members (excludes halogenated alkanes) is 1. The maximum Gasteiger partial charge on any atom is 0.337 e. The summed E-state index contributed by atoms with van der Waals surface area (Å²) < 4.78 is 32.3. The third kappa shape index (κ3) is 5.32. The van der Waals surface area contributed by atoms with E-state index < -0.39 is 22.2 Å². The standard InChI is InChI=1S/C11H21NO5S/c1-3-4-7-16-11(13)10(17-18(2,14)15)9-5-6-12-8-9/h9-10,12H,3-8H2,1-2H3. The van der Waals surface area contributed by atoms with Crippen LogP contribution in [0.2, 0.25) is 0 Å². The highest BCUT2D eigenvalue weighted by atomic mass is 32.2. The summed E-state index contributed by atoms with van der Waals surface area (Å²) in [7, 11) is -3.66. The molecule has 0 aliphatic carbocycles. The molecule has 106 valence electrons. The smallest absolute Gasteiger partial charge is 0.337 e. The van der Waals surface area contributed by atoms with Gasteiger partial charge >= 0.3 is 5.97 Å². The van der Waals surface area contributed by atoms with Crippen molar-refractivity contribution in [2.75, 3.05) is 26.0 Å². The maximum atomic E-state index is 11.8. The van der Waals surface area contributed by atoms with Crippen molar-refractivity contribution in [3.8, 4) is 0 Å². The van der Waals surface area contributed by atoms with Crippen LogP contribution in [0.25, 0.3) is 0 Å². The minimum absolute atomic E-state index is 0.145. The minimum atomic E-state index is -3.66. The average molecular weight is 279 g/mol. The lowest BCUT2D eigenvalue weighted by molar-refractivity contribution is -0.154. The summed E-state index contributed by atoms with van der Waals surface area (Å²) in [4.78, 5) is 11.8. The van der Waals surface area contributed by atoms with Crippen molar-refractivity contribution >= 4 is 16.1 Å². The van der Waals surface area contributed by atoms with E-state index in [0.29, 0.717) is 19.6 Å². The Kier molecular flexibility index (Phi) is 6.04. The van der Waals surface area contributed by atoms with Gasteiger partial charge in [0.2, 0.25) is 0 Å². The highest BCUT2D eigenvalue weighted by Crippen LogP contribution is 2.19. The van der Waals surface area contributed by atoms with Gasteiger partial charge in [0.15, 0.2) is 6.10 Å². The van der Waals surface area contributed by atoms with E-state index in [0.717, 1.165) is 25.6 Å². The van der Waals surface area contributed by atoms with Crippen LogP contribution in [0.5, 0.6) is 0 Å². The topological polar surface area (TPSA) is 81.7 Å². The first-order valence-electron chi connectivity index (χ1n) is 6.19. The van der Waals surface area contributed by atoms with Gasteiger partial charge in [-0.3, -0.25) is 4.18 Å². The van der Waals surface area contributed by atoms with Gasteiger partial charge in [-0.05, 0) is 19.4 Å². The van der Waals surface area contributed by atoms with Crippen molar-refractivity contribution in [2.24, 2.45) is 5.92 Å². The van der Waals surface area contributed by atoms with E-state index in [1.165, 1.54) is 0 Å². The molecule has 1 aliphatic rings. The highest BCUT2D eigenvalue weighted by Gasteiger charge is 2.35. The lowest BCUT2D eigenvalue weighted by Gasteiger charge is -2.20. The molecule has 0 amide bonds. The molecule has 1 fully saturated rings. The Morgan fingerprint density at radius 1 is 1.50 bits per heavy atom. The number of carbonyl (C=O) groups excluding carboxylic acids is 1. The number of nitrogens with one attached hydrogen (secondary N) is 1. The Bertz CT molecular complexity index is 362. The second-order valence-electron chi connectivity index (χ2n) is 4.49. The van der Waals surface area contributed by atoms with E-state index in [-0.39, 0.29) is 5.92 Å². The fourth-order valence-corrected chi connectivity index (χ4v) is 2.45. The number of hydrogen-bond donors (Lipinski definition) is 1.